The van der Waals surface area contributed by atoms with E-state index >= 15 is 0 Å². The van der Waals surface area contributed by atoms with Gasteiger partial charge in [-0.15, -0.1) is 0 Å². The van der Waals surface area contributed by atoms with E-state index in [0.29, 0.717) is 11.3 Å². The largest absolute Gasteiger partial charge is 0.496 e. The third kappa shape index (κ3) is 5.97. The van der Waals surface area contributed by atoms with Crippen LogP contribution in [0.3, 0.4) is 0 Å². The molecule has 0 aliphatic carbocycles. The highest BCUT2D eigenvalue weighted by Gasteiger charge is 2.12. The average molecular weight is 407 g/mol. The molecule has 0 fully saturated rings. The van der Waals surface area contributed by atoms with E-state index in [1.807, 2.05) is 12.1 Å². The Morgan fingerprint density at radius 3 is 2.43 bits per heavy atom. The smallest absolute Gasteiger partial charge is 0.348 e. The minimum absolute atomic E-state index is 0.150. The molecule has 0 radical (unpaired) electrons. The molecule has 0 saturated heterocycles. The Kier molecular flexibility index (Phi) is 8.21. The van der Waals surface area contributed by atoms with Crippen molar-refractivity contribution in [3.8, 4) is 23.3 Å². The fraction of sp³-hybridized carbons (Fsp3) is 0.174. The van der Waals surface area contributed by atoms with Gasteiger partial charge in [-0.2, -0.15) is 5.26 Å². The van der Waals surface area contributed by atoms with Crippen LogP contribution in [0.15, 0.2) is 54.1 Å². The number of hydrogen-bond donors (Lipinski definition) is 0. The van der Waals surface area contributed by atoms with Crippen LogP contribution in [0, 0.1) is 11.3 Å². The van der Waals surface area contributed by atoms with Crippen LogP contribution in [-0.4, -0.2) is 32.8 Å². The van der Waals surface area contributed by atoms with Crippen molar-refractivity contribution in [3.63, 3.8) is 0 Å². The summed E-state index contributed by atoms with van der Waals surface area (Å²) in [6.07, 6.45) is 4.23. The highest BCUT2D eigenvalue weighted by molar-refractivity contribution is 5.98. The van der Waals surface area contributed by atoms with Crippen LogP contribution in [0.5, 0.6) is 17.2 Å². The molecule has 2 aromatic carbocycles. The number of nitriles is 1. The van der Waals surface area contributed by atoms with E-state index < -0.39 is 11.9 Å². The van der Waals surface area contributed by atoms with E-state index in [9.17, 15) is 9.59 Å². The molecule has 0 aliphatic heterocycles. The summed E-state index contributed by atoms with van der Waals surface area (Å²) in [4.78, 5) is 24.0. The zero-order chi connectivity index (χ0) is 21.9. The lowest BCUT2D eigenvalue weighted by Crippen LogP contribution is -2.06. The van der Waals surface area contributed by atoms with Gasteiger partial charge in [0, 0.05) is 11.6 Å². The molecule has 0 amide bonds. The van der Waals surface area contributed by atoms with Gasteiger partial charge in [-0.3, -0.25) is 0 Å². The molecule has 0 saturated carbocycles. The van der Waals surface area contributed by atoms with Crippen molar-refractivity contribution in [2.45, 2.75) is 6.92 Å². The van der Waals surface area contributed by atoms with Crippen LogP contribution in [-0.2, 0) is 14.3 Å². The lowest BCUT2D eigenvalue weighted by atomic mass is 10.1. The molecule has 0 heterocycles. The maximum absolute atomic E-state index is 12.2. The van der Waals surface area contributed by atoms with Gasteiger partial charge in [0.1, 0.15) is 17.4 Å². The first-order valence-electron chi connectivity index (χ1n) is 9.02. The molecule has 0 spiro atoms. The Labute approximate surface area is 174 Å². The van der Waals surface area contributed by atoms with Crippen molar-refractivity contribution in [3.05, 3.63) is 65.2 Å². The summed E-state index contributed by atoms with van der Waals surface area (Å²) in [5, 5.41) is 9.14. The van der Waals surface area contributed by atoms with Gasteiger partial charge in [0.15, 0.2) is 11.5 Å². The Hall–Kier alpha value is -4.05. The Morgan fingerprint density at radius 1 is 1.03 bits per heavy atom. The summed E-state index contributed by atoms with van der Waals surface area (Å²) in [7, 11) is 2.97. The lowest BCUT2D eigenvalue weighted by Gasteiger charge is -2.09. The normalized spacial score (nSPS) is 10.9. The van der Waals surface area contributed by atoms with Crippen molar-refractivity contribution in [1.29, 1.82) is 5.26 Å². The molecule has 0 aromatic heterocycles. The van der Waals surface area contributed by atoms with Gasteiger partial charge in [-0.05, 0) is 42.8 Å². The minimum atomic E-state index is -0.712. The van der Waals surface area contributed by atoms with Gasteiger partial charge in [0.25, 0.3) is 0 Å². The number of hydrogen-bond acceptors (Lipinski definition) is 7. The SMILES string of the molecule is CCOC(=O)C(C#N)=Cc1ccc(OC(=O)C=Cc2ccccc2OC)c(OC)c1. The molecule has 2 rings (SSSR count). The predicted octanol–water partition coefficient (Wildman–Crippen LogP) is 3.79. The van der Waals surface area contributed by atoms with E-state index in [-0.39, 0.29) is 23.7 Å². The van der Waals surface area contributed by atoms with Crippen LogP contribution in [0.25, 0.3) is 12.2 Å². The average Bonchev–Trinajstić information content (AvgIpc) is 2.77. The van der Waals surface area contributed by atoms with Crippen LogP contribution >= 0.6 is 0 Å². The monoisotopic (exact) mass is 407 g/mol. The topological polar surface area (TPSA) is 94.9 Å². The van der Waals surface area contributed by atoms with Crippen molar-refractivity contribution in [2.24, 2.45) is 0 Å². The number of para-hydroxylation sites is 1. The fourth-order valence-corrected chi connectivity index (χ4v) is 2.47. The second kappa shape index (κ2) is 11.1. The van der Waals surface area contributed by atoms with Gasteiger partial charge in [0.2, 0.25) is 0 Å². The number of esters is 2. The molecule has 7 nitrogen and oxygen atoms in total. The van der Waals surface area contributed by atoms with Crippen LogP contribution in [0.2, 0.25) is 0 Å². The Bertz CT molecular complexity index is 1020. The van der Waals surface area contributed by atoms with Crippen molar-refractivity contribution >= 4 is 24.1 Å². The van der Waals surface area contributed by atoms with Gasteiger partial charge >= 0.3 is 11.9 Å². The van der Waals surface area contributed by atoms with Gasteiger partial charge in [0.05, 0.1) is 20.8 Å². The summed E-state index contributed by atoms with van der Waals surface area (Å²) in [5.41, 5.74) is 1.09. The number of nitrogens with zero attached hydrogens (tertiary/aromatic N) is 1. The first-order chi connectivity index (χ1) is 14.5. The lowest BCUT2D eigenvalue weighted by molar-refractivity contribution is -0.138. The molecule has 0 bridgehead atoms. The zero-order valence-corrected chi connectivity index (χ0v) is 16.9. The number of benzene rings is 2. The minimum Gasteiger partial charge on any atom is -0.496 e. The summed E-state index contributed by atoms with van der Waals surface area (Å²) in [6, 6.07) is 13.7. The van der Waals surface area contributed by atoms with E-state index in [1.54, 1.807) is 50.4 Å². The van der Waals surface area contributed by atoms with Crippen molar-refractivity contribution in [1.82, 2.24) is 0 Å². The molecular weight excluding hydrogens is 386 g/mol. The highest BCUT2D eigenvalue weighted by atomic mass is 16.6. The van der Waals surface area contributed by atoms with E-state index in [4.69, 9.17) is 24.2 Å². The van der Waals surface area contributed by atoms with Crippen molar-refractivity contribution < 1.29 is 28.5 Å². The number of carbonyl (C=O) groups excluding carboxylic acids is 2. The van der Waals surface area contributed by atoms with Crippen LogP contribution in [0.4, 0.5) is 0 Å². The molecule has 0 N–H and O–H groups in total. The molecule has 2 aromatic rings. The number of methoxy groups -OCH3 is 2. The molecule has 0 aliphatic rings. The van der Waals surface area contributed by atoms with Crippen LogP contribution < -0.4 is 14.2 Å². The summed E-state index contributed by atoms with van der Waals surface area (Å²) < 4.78 is 20.7. The molecule has 30 heavy (non-hydrogen) atoms. The number of rotatable bonds is 8. The van der Waals surface area contributed by atoms with E-state index in [0.717, 1.165) is 5.56 Å². The molecule has 0 atom stereocenters. The summed E-state index contributed by atoms with van der Waals surface area (Å²) in [5.74, 6) is -0.226. The van der Waals surface area contributed by atoms with Crippen LogP contribution in [0.1, 0.15) is 18.1 Å². The zero-order valence-electron chi connectivity index (χ0n) is 16.9. The summed E-state index contributed by atoms with van der Waals surface area (Å²) in [6.45, 7) is 1.82. The molecule has 0 unspecified atom stereocenters. The first kappa shape index (κ1) is 22.2. The molecular formula is C23H21NO6. The predicted molar refractivity (Wildman–Crippen MR) is 111 cm³/mol. The standard InChI is InChI=1S/C23H21NO6/c1-4-29-23(26)18(15-24)13-16-9-11-20(21(14-16)28-3)30-22(25)12-10-17-7-5-6-8-19(17)27-2/h5-14H,4H2,1-3H3. The maximum atomic E-state index is 12.2. The molecule has 7 heteroatoms. The Balaban J connectivity index is 2.19. The fourth-order valence-electron chi connectivity index (χ4n) is 2.47. The van der Waals surface area contributed by atoms with Gasteiger partial charge < -0.3 is 18.9 Å². The molecule has 154 valence electrons. The number of ether oxygens (including phenoxy) is 4. The van der Waals surface area contributed by atoms with Gasteiger partial charge in [-0.1, -0.05) is 24.3 Å². The van der Waals surface area contributed by atoms with Crippen molar-refractivity contribution in [2.75, 3.05) is 20.8 Å². The second-order valence-corrected chi connectivity index (χ2v) is 5.80. The highest BCUT2D eigenvalue weighted by Crippen LogP contribution is 2.29. The van der Waals surface area contributed by atoms with E-state index in [1.165, 1.54) is 25.3 Å². The maximum Gasteiger partial charge on any atom is 0.348 e. The third-order valence-corrected chi connectivity index (χ3v) is 3.86. The Morgan fingerprint density at radius 2 is 1.77 bits per heavy atom. The van der Waals surface area contributed by atoms with E-state index in [2.05, 4.69) is 0 Å². The number of carbonyl (C=O) groups is 2. The van der Waals surface area contributed by atoms with Gasteiger partial charge in [-0.25, -0.2) is 9.59 Å². The third-order valence-electron chi connectivity index (χ3n) is 3.86. The first-order valence-corrected chi connectivity index (χ1v) is 9.02. The quantitative estimate of drug-likeness (QED) is 0.284. The second-order valence-electron chi connectivity index (χ2n) is 5.80. The summed E-state index contributed by atoms with van der Waals surface area (Å²) >= 11 is 0.